The molecule has 3 N–H and O–H groups in total. The fourth-order valence-electron chi connectivity index (χ4n) is 1.06. The minimum atomic E-state index is -5.07. The van der Waals surface area contributed by atoms with Gasteiger partial charge in [-0.3, -0.25) is 0 Å². The molecular weight excluding hydrogens is 251 g/mol. The van der Waals surface area contributed by atoms with E-state index in [-0.39, 0.29) is 0 Å². The second-order valence-corrected chi connectivity index (χ2v) is 2.91. The first-order chi connectivity index (χ1) is 7.74. The Kier molecular flexibility index (Phi) is 3.71. The summed E-state index contributed by atoms with van der Waals surface area (Å²) in [6.45, 7) is -0.918. The maximum absolute atomic E-state index is 12.4. The van der Waals surface area contributed by atoms with Crippen LogP contribution in [-0.4, -0.2) is 16.5 Å². The van der Waals surface area contributed by atoms with Gasteiger partial charge in [0.05, 0.1) is 12.2 Å². The summed E-state index contributed by atoms with van der Waals surface area (Å²) in [6, 6.07) is 0.409. The molecule has 0 aliphatic heterocycles. The lowest BCUT2D eigenvalue weighted by Gasteiger charge is -2.14. The van der Waals surface area contributed by atoms with Crippen LogP contribution in [0.2, 0.25) is 0 Å². The zero-order chi connectivity index (χ0) is 13.2. The summed E-state index contributed by atoms with van der Waals surface area (Å²) in [7, 11) is 0. The lowest BCUT2D eigenvalue weighted by Crippen LogP contribution is -2.19. The first kappa shape index (κ1) is 13.4. The van der Waals surface area contributed by atoms with Crippen molar-refractivity contribution in [3.63, 3.8) is 0 Å². The molecule has 0 atom stereocenters. The van der Waals surface area contributed by atoms with Gasteiger partial charge in [-0.1, -0.05) is 0 Å². The number of nitrogen functional groups attached to an aromatic ring is 1. The van der Waals surface area contributed by atoms with Gasteiger partial charge in [0, 0.05) is 0 Å². The number of aliphatic hydroxyl groups excluding tert-OH is 1. The highest BCUT2D eigenvalue weighted by Gasteiger charge is 2.33. The van der Waals surface area contributed by atoms with Gasteiger partial charge in [-0.05, 0) is 6.07 Å². The quantitative estimate of drug-likeness (QED) is 0.813. The highest BCUT2D eigenvalue weighted by Crippen LogP contribution is 2.32. The van der Waals surface area contributed by atoms with Crippen molar-refractivity contribution in [1.29, 1.82) is 0 Å². The molecule has 0 aromatic carbocycles. The molecule has 17 heavy (non-hydrogen) atoms. The van der Waals surface area contributed by atoms with Gasteiger partial charge in [-0.15, -0.1) is 13.2 Å². The maximum atomic E-state index is 12.4. The van der Waals surface area contributed by atoms with Gasteiger partial charge in [0.25, 0.3) is 6.43 Å². The number of nitrogens with two attached hydrogens (primary N) is 1. The SMILES string of the molecule is Nc1nc(CO)c(OC(F)(F)F)cc1C(F)F. The van der Waals surface area contributed by atoms with Crippen LogP contribution >= 0.6 is 0 Å². The van der Waals surface area contributed by atoms with E-state index in [1.165, 1.54) is 0 Å². The zero-order valence-corrected chi connectivity index (χ0v) is 8.13. The van der Waals surface area contributed by atoms with Crippen molar-refractivity contribution in [2.45, 2.75) is 19.4 Å². The summed E-state index contributed by atoms with van der Waals surface area (Å²) in [5.41, 5.74) is 3.64. The Morgan fingerprint density at radius 3 is 2.41 bits per heavy atom. The van der Waals surface area contributed by atoms with E-state index in [1.807, 2.05) is 0 Å². The molecule has 0 bridgehead atoms. The first-order valence-corrected chi connectivity index (χ1v) is 4.18. The lowest BCUT2D eigenvalue weighted by molar-refractivity contribution is -0.275. The van der Waals surface area contributed by atoms with Crippen molar-refractivity contribution in [1.82, 2.24) is 4.98 Å². The normalized spacial score (nSPS) is 11.9. The van der Waals surface area contributed by atoms with E-state index in [9.17, 15) is 22.0 Å². The Balaban J connectivity index is 3.22. The summed E-state index contributed by atoms with van der Waals surface area (Å²) in [5.74, 6) is -1.65. The third-order valence-corrected chi connectivity index (χ3v) is 1.73. The van der Waals surface area contributed by atoms with Crippen LogP contribution in [0.25, 0.3) is 0 Å². The van der Waals surface area contributed by atoms with Crippen LogP contribution in [0.4, 0.5) is 27.8 Å². The molecule has 0 saturated heterocycles. The van der Waals surface area contributed by atoms with Crippen LogP contribution in [0.5, 0.6) is 5.75 Å². The van der Waals surface area contributed by atoms with E-state index in [4.69, 9.17) is 10.8 Å². The fraction of sp³-hybridized carbons (Fsp3) is 0.375. The summed E-state index contributed by atoms with van der Waals surface area (Å²) >= 11 is 0. The van der Waals surface area contributed by atoms with Gasteiger partial charge in [-0.2, -0.15) is 0 Å². The molecule has 0 aliphatic rings. The molecule has 0 amide bonds. The standard InChI is InChI=1S/C8H7F5N2O2/c9-6(10)3-1-5(17-8(11,12)13)4(2-16)15-7(3)14/h1,6,16H,2H2,(H2,14,15). The molecule has 1 heterocycles. The molecular formula is C8H7F5N2O2. The van der Waals surface area contributed by atoms with Crippen molar-refractivity contribution in [3.05, 3.63) is 17.3 Å². The second-order valence-electron chi connectivity index (χ2n) is 2.91. The Labute approximate surface area is 91.8 Å². The molecule has 1 rings (SSSR count). The van der Waals surface area contributed by atoms with E-state index in [1.54, 1.807) is 0 Å². The summed E-state index contributed by atoms with van der Waals surface area (Å²) in [6.07, 6.45) is -8.16. The van der Waals surface area contributed by atoms with E-state index in [2.05, 4.69) is 9.72 Å². The van der Waals surface area contributed by atoms with Gasteiger partial charge < -0.3 is 15.6 Å². The Morgan fingerprint density at radius 2 is 2.00 bits per heavy atom. The number of aromatic nitrogens is 1. The third-order valence-electron chi connectivity index (χ3n) is 1.73. The number of rotatable bonds is 3. The fourth-order valence-corrected chi connectivity index (χ4v) is 1.06. The number of ether oxygens (including phenoxy) is 1. The highest BCUT2D eigenvalue weighted by atomic mass is 19.4. The number of hydrogen-bond donors (Lipinski definition) is 2. The van der Waals surface area contributed by atoms with Crippen molar-refractivity contribution in [2.24, 2.45) is 0 Å². The molecule has 0 spiro atoms. The van der Waals surface area contributed by atoms with Crippen molar-refractivity contribution < 1.29 is 31.8 Å². The third kappa shape index (κ3) is 3.41. The predicted octanol–water partition coefficient (Wildman–Crippen LogP) is 1.99. The molecule has 0 aliphatic carbocycles. The highest BCUT2D eigenvalue weighted by molar-refractivity contribution is 5.47. The van der Waals surface area contributed by atoms with Gasteiger partial charge in [0.2, 0.25) is 0 Å². The summed E-state index contributed by atoms with van der Waals surface area (Å²) in [5, 5.41) is 8.72. The number of pyridine rings is 1. The van der Waals surface area contributed by atoms with Crippen molar-refractivity contribution >= 4 is 5.82 Å². The summed E-state index contributed by atoms with van der Waals surface area (Å²) in [4.78, 5) is 3.22. The average Bonchev–Trinajstić information content (AvgIpc) is 2.17. The summed E-state index contributed by atoms with van der Waals surface area (Å²) < 4.78 is 64.0. The van der Waals surface area contributed by atoms with Crippen LogP contribution in [0, 0.1) is 0 Å². The van der Waals surface area contributed by atoms with Crippen molar-refractivity contribution in [3.8, 4) is 5.75 Å². The van der Waals surface area contributed by atoms with E-state index in [0.717, 1.165) is 0 Å². The minimum Gasteiger partial charge on any atom is -0.404 e. The number of alkyl halides is 5. The zero-order valence-electron chi connectivity index (χ0n) is 8.13. The number of nitrogens with zero attached hydrogens (tertiary/aromatic N) is 1. The first-order valence-electron chi connectivity index (χ1n) is 4.18. The maximum Gasteiger partial charge on any atom is 0.573 e. The van der Waals surface area contributed by atoms with Crippen molar-refractivity contribution in [2.75, 3.05) is 5.73 Å². The lowest BCUT2D eigenvalue weighted by atomic mass is 10.2. The van der Waals surface area contributed by atoms with E-state index in [0.29, 0.717) is 6.07 Å². The molecule has 9 heteroatoms. The molecule has 1 aromatic heterocycles. The molecule has 0 unspecified atom stereocenters. The van der Waals surface area contributed by atoms with Crippen LogP contribution in [0.1, 0.15) is 17.7 Å². The van der Waals surface area contributed by atoms with Gasteiger partial charge >= 0.3 is 6.36 Å². The monoisotopic (exact) mass is 258 g/mol. The number of aliphatic hydroxyl groups is 1. The predicted molar refractivity (Wildman–Crippen MR) is 46.2 cm³/mol. The molecule has 0 fully saturated rings. The molecule has 4 nitrogen and oxygen atoms in total. The smallest absolute Gasteiger partial charge is 0.404 e. The topological polar surface area (TPSA) is 68.4 Å². The Bertz CT molecular complexity index is 408. The van der Waals surface area contributed by atoms with Crippen LogP contribution in [0.15, 0.2) is 6.07 Å². The number of anilines is 1. The van der Waals surface area contributed by atoms with Gasteiger partial charge in [0.1, 0.15) is 11.5 Å². The van der Waals surface area contributed by atoms with Crippen LogP contribution < -0.4 is 10.5 Å². The number of halogens is 5. The molecule has 0 saturated carbocycles. The van der Waals surface area contributed by atoms with Gasteiger partial charge in [-0.25, -0.2) is 13.8 Å². The Morgan fingerprint density at radius 1 is 1.41 bits per heavy atom. The molecule has 0 radical (unpaired) electrons. The largest absolute Gasteiger partial charge is 0.573 e. The minimum absolute atomic E-state index is 0.409. The van der Waals surface area contributed by atoms with E-state index < -0.39 is 42.2 Å². The van der Waals surface area contributed by atoms with Gasteiger partial charge in [0.15, 0.2) is 5.75 Å². The van der Waals surface area contributed by atoms with Crippen LogP contribution in [-0.2, 0) is 6.61 Å². The average molecular weight is 258 g/mol. The number of hydrogen-bond acceptors (Lipinski definition) is 4. The second kappa shape index (κ2) is 4.70. The molecule has 96 valence electrons. The van der Waals surface area contributed by atoms with E-state index >= 15 is 0 Å². The van der Waals surface area contributed by atoms with Crippen LogP contribution in [0.3, 0.4) is 0 Å². The molecule has 1 aromatic rings. The Hall–Kier alpha value is -1.64.